The molecule has 0 fully saturated rings. The first-order valence-electron chi connectivity index (χ1n) is 6.32. The van der Waals surface area contributed by atoms with Crippen LogP contribution in [0.5, 0.6) is 5.75 Å². The molecule has 0 unspecified atom stereocenters. The van der Waals surface area contributed by atoms with Crippen molar-refractivity contribution in [3.63, 3.8) is 0 Å². The number of aromatic nitrogens is 2. The highest BCUT2D eigenvalue weighted by atomic mass is 35.5. The topological polar surface area (TPSA) is 53.1 Å². The van der Waals surface area contributed by atoms with Gasteiger partial charge in [0.15, 0.2) is 11.6 Å². The van der Waals surface area contributed by atoms with Crippen LogP contribution in [0.2, 0.25) is 5.15 Å². The zero-order chi connectivity index (χ0) is 14.7. The van der Waals surface area contributed by atoms with E-state index in [1.807, 2.05) is 13.0 Å². The van der Waals surface area contributed by atoms with Crippen molar-refractivity contribution in [3.8, 4) is 5.75 Å². The lowest BCUT2D eigenvalue weighted by atomic mass is 10.1. The summed E-state index contributed by atoms with van der Waals surface area (Å²) in [6.07, 6.45) is 0.644. The van der Waals surface area contributed by atoms with Gasteiger partial charge in [-0.2, -0.15) is 5.10 Å². The van der Waals surface area contributed by atoms with E-state index < -0.39 is 5.82 Å². The van der Waals surface area contributed by atoms with E-state index in [1.165, 1.54) is 6.07 Å². The maximum Gasteiger partial charge on any atom is 0.165 e. The number of hydrogen-bond acceptors (Lipinski definition) is 3. The number of aryl methyl sites for hydroxylation is 2. The number of benzene rings is 1. The lowest BCUT2D eigenvalue weighted by molar-refractivity contribution is 0.289. The summed E-state index contributed by atoms with van der Waals surface area (Å²) < 4.78 is 20.9. The van der Waals surface area contributed by atoms with Crippen LogP contribution in [-0.2, 0) is 20.1 Å². The van der Waals surface area contributed by atoms with Crippen LogP contribution in [0.3, 0.4) is 0 Å². The molecule has 20 heavy (non-hydrogen) atoms. The Morgan fingerprint density at radius 1 is 1.45 bits per heavy atom. The Hall–Kier alpha value is -1.59. The van der Waals surface area contributed by atoms with Crippen molar-refractivity contribution in [1.29, 1.82) is 0 Å². The smallest absolute Gasteiger partial charge is 0.165 e. The van der Waals surface area contributed by atoms with E-state index in [0.29, 0.717) is 18.1 Å². The second-order valence-electron chi connectivity index (χ2n) is 4.57. The summed E-state index contributed by atoms with van der Waals surface area (Å²) in [6.45, 7) is 2.51. The van der Waals surface area contributed by atoms with Gasteiger partial charge in [0.1, 0.15) is 11.8 Å². The molecule has 108 valence electrons. The maximum absolute atomic E-state index is 13.9. The van der Waals surface area contributed by atoms with Gasteiger partial charge >= 0.3 is 0 Å². The van der Waals surface area contributed by atoms with Crippen molar-refractivity contribution in [2.45, 2.75) is 20.0 Å². The molecule has 0 saturated heterocycles. The first kappa shape index (κ1) is 14.8. The highest BCUT2D eigenvalue weighted by Crippen LogP contribution is 2.23. The van der Waals surface area contributed by atoms with E-state index in [4.69, 9.17) is 22.1 Å². The summed E-state index contributed by atoms with van der Waals surface area (Å²) in [5.41, 5.74) is 7.84. The van der Waals surface area contributed by atoms with Crippen LogP contribution in [0.15, 0.2) is 18.2 Å². The van der Waals surface area contributed by atoms with E-state index in [2.05, 4.69) is 5.10 Å². The minimum atomic E-state index is -0.395. The maximum atomic E-state index is 13.9. The molecule has 0 aliphatic carbocycles. The molecule has 2 N–H and O–H groups in total. The Bertz CT molecular complexity index is 613. The van der Waals surface area contributed by atoms with Gasteiger partial charge < -0.3 is 10.5 Å². The highest BCUT2D eigenvalue weighted by molar-refractivity contribution is 6.30. The first-order valence-corrected chi connectivity index (χ1v) is 6.70. The first-order chi connectivity index (χ1) is 9.52. The molecule has 1 aromatic carbocycles. The molecular formula is C14H17ClFN3O. The van der Waals surface area contributed by atoms with Crippen LogP contribution < -0.4 is 10.5 Å². The van der Waals surface area contributed by atoms with Crippen molar-refractivity contribution in [1.82, 2.24) is 9.78 Å². The van der Waals surface area contributed by atoms with Gasteiger partial charge in [-0.15, -0.1) is 0 Å². The number of ether oxygens (including phenoxy) is 1. The van der Waals surface area contributed by atoms with E-state index in [9.17, 15) is 4.39 Å². The molecule has 1 aromatic heterocycles. The minimum absolute atomic E-state index is 0.186. The summed E-state index contributed by atoms with van der Waals surface area (Å²) in [6, 6.07) is 4.86. The number of nitrogens with zero attached hydrogens (tertiary/aromatic N) is 2. The molecular weight excluding hydrogens is 281 g/mol. The summed E-state index contributed by atoms with van der Waals surface area (Å²) in [4.78, 5) is 0. The van der Waals surface area contributed by atoms with Crippen LogP contribution in [0.25, 0.3) is 0 Å². The average Bonchev–Trinajstić information content (AvgIpc) is 2.64. The molecule has 2 aromatic rings. The molecule has 0 aliphatic heterocycles. The van der Waals surface area contributed by atoms with E-state index in [0.717, 1.165) is 16.8 Å². The Balaban J connectivity index is 2.11. The van der Waals surface area contributed by atoms with Crippen LogP contribution >= 0.6 is 11.6 Å². The second-order valence-corrected chi connectivity index (χ2v) is 4.93. The molecule has 2 rings (SSSR count). The van der Waals surface area contributed by atoms with Crippen molar-refractivity contribution < 1.29 is 9.13 Å². The Kier molecular flexibility index (Phi) is 4.62. The molecule has 6 heteroatoms. The fourth-order valence-corrected chi connectivity index (χ4v) is 2.20. The number of nitrogens with two attached hydrogens (primary N) is 1. The van der Waals surface area contributed by atoms with Crippen LogP contribution in [0.4, 0.5) is 4.39 Å². The quantitative estimate of drug-likeness (QED) is 0.923. The summed E-state index contributed by atoms with van der Waals surface area (Å²) in [5, 5.41) is 4.68. The average molecular weight is 298 g/mol. The molecule has 0 saturated carbocycles. The lowest BCUT2D eigenvalue weighted by Gasteiger charge is -2.08. The van der Waals surface area contributed by atoms with Crippen molar-refractivity contribution >= 4 is 11.6 Å². The van der Waals surface area contributed by atoms with E-state index in [-0.39, 0.29) is 12.4 Å². The fraction of sp³-hybridized carbons (Fsp3) is 0.357. The lowest BCUT2D eigenvalue weighted by Crippen LogP contribution is -2.04. The zero-order valence-electron chi connectivity index (χ0n) is 11.5. The minimum Gasteiger partial charge on any atom is -0.486 e. The highest BCUT2D eigenvalue weighted by Gasteiger charge is 2.13. The largest absolute Gasteiger partial charge is 0.486 e. The zero-order valence-corrected chi connectivity index (χ0v) is 12.2. The third-order valence-electron chi connectivity index (χ3n) is 3.07. The molecule has 0 atom stereocenters. The summed E-state index contributed by atoms with van der Waals surface area (Å²) in [7, 11) is 1.75. The normalized spacial score (nSPS) is 10.8. The molecule has 4 nitrogen and oxygen atoms in total. The van der Waals surface area contributed by atoms with Crippen molar-refractivity contribution in [2.75, 3.05) is 6.54 Å². The summed E-state index contributed by atoms with van der Waals surface area (Å²) in [5.74, 6) is -0.196. The predicted molar refractivity (Wildman–Crippen MR) is 76.4 cm³/mol. The Labute approximate surface area is 122 Å². The van der Waals surface area contributed by atoms with Crippen LogP contribution in [0, 0.1) is 12.7 Å². The third kappa shape index (κ3) is 3.11. The van der Waals surface area contributed by atoms with E-state index >= 15 is 0 Å². The van der Waals surface area contributed by atoms with Crippen LogP contribution in [-0.4, -0.2) is 16.3 Å². The van der Waals surface area contributed by atoms with Gasteiger partial charge in [-0.25, -0.2) is 4.39 Å². The molecule has 0 aliphatic rings. The summed E-state index contributed by atoms with van der Waals surface area (Å²) >= 11 is 6.10. The van der Waals surface area contributed by atoms with Gasteiger partial charge in [-0.3, -0.25) is 4.68 Å². The molecule has 0 bridgehead atoms. The monoisotopic (exact) mass is 297 g/mol. The Morgan fingerprint density at radius 3 is 2.75 bits per heavy atom. The van der Waals surface area contributed by atoms with Crippen molar-refractivity contribution in [3.05, 3.63) is 46.0 Å². The number of halogens is 2. The molecule has 1 heterocycles. The predicted octanol–water partition coefficient (Wildman–Crippen LogP) is 2.60. The van der Waals surface area contributed by atoms with Gasteiger partial charge in [0.25, 0.3) is 0 Å². The van der Waals surface area contributed by atoms with Gasteiger partial charge in [0.2, 0.25) is 0 Å². The van der Waals surface area contributed by atoms with Crippen LogP contribution in [0.1, 0.15) is 16.8 Å². The second kappa shape index (κ2) is 6.24. The van der Waals surface area contributed by atoms with Gasteiger partial charge in [-0.05, 0) is 37.6 Å². The van der Waals surface area contributed by atoms with Crippen molar-refractivity contribution in [2.24, 2.45) is 12.8 Å². The molecule has 0 spiro atoms. The molecule has 0 amide bonds. The van der Waals surface area contributed by atoms with Gasteiger partial charge in [0.05, 0.1) is 5.69 Å². The SMILES string of the molecule is Cc1nn(C)c(Cl)c1COc1ccc(CCN)cc1F. The third-order valence-corrected chi connectivity index (χ3v) is 3.54. The number of hydrogen-bond donors (Lipinski definition) is 1. The van der Waals surface area contributed by atoms with Gasteiger partial charge in [-0.1, -0.05) is 17.7 Å². The number of rotatable bonds is 5. The Morgan fingerprint density at radius 2 is 2.20 bits per heavy atom. The van der Waals surface area contributed by atoms with Gasteiger partial charge in [0, 0.05) is 12.6 Å². The fourth-order valence-electron chi connectivity index (χ4n) is 1.97. The standard InChI is InChI=1S/C14H17ClFN3O/c1-9-11(14(15)19(2)18-9)8-20-13-4-3-10(5-6-17)7-12(13)16/h3-4,7H,5-6,8,17H2,1-2H3. The van der Waals surface area contributed by atoms with E-state index in [1.54, 1.807) is 17.8 Å². The molecule has 0 radical (unpaired) electrons.